The largest absolute Gasteiger partial charge is 0.634 e. The van der Waals surface area contributed by atoms with E-state index >= 15 is 0 Å². The van der Waals surface area contributed by atoms with Crippen molar-refractivity contribution in [2.45, 2.75) is 96.8 Å². The molecule has 126 valence electrons. The predicted molar refractivity (Wildman–Crippen MR) is 94.6 cm³/mol. The summed E-state index contributed by atoms with van der Waals surface area (Å²) in [5.41, 5.74) is 0. The Labute approximate surface area is 133 Å². The molecule has 2 nitrogen and oxygen atoms in total. The van der Waals surface area contributed by atoms with Crippen LogP contribution < -0.4 is 5.06 Å². The molecule has 0 aromatic heterocycles. The molecule has 0 aliphatic carbocycles. The van der Waals surface area contributed by atoms with Gasteiger partial charge in [-0.3, -0.25) is 0 Å². The number of allylic oxidation sites excluding steroid dienone is 2. The minimum absolute atomic E-state index is 0.338. The lowest BCUT2D eigenvalue weighted by Crippen LogP contribution is -3.03. The minimum atomic E-state index is 0.338. The fourth-order valence-electron chi connectivity index (χ4n) is 2.62. The van der Waals surface area contributed by atoms with E-state index in [0.29, 0.717) is 5.06 Å². The summed E-state index contributed by atoms with van der Waals surface area (Å²) in [6.07, 6.45) is 23.3. The van der Waals surface area contributed by atoms with E-state index in [2.05, 4.69) is 19.1 Å². The van der Waals surface area contributed by atoms with Gasteiger partial charge in [-0.2, -0.15) is 0 Å². The molecule has 0 rings (SSSR count). The lowest BCUT2D eigenvalue weighted by atomic mass is 10.1. The van der Waals surface area contributed by atoms with Gasteiger partial charge in [0.15, 0.2) is 0 Å². The van der Waals surface area contributed by atoms with Crippen LogP contribution in [0, 0.1) is 5.21 Å². The molecule has 0 amide bonds. The standard InChI is InChI=1S/C19H39NO/c1-3-4-5-6-7-8-9-10-11-12-13-14-15-16-17-18-19-20(2)21/h10-11,20H,3-9,12-19H2,1-2H3/b11-10-. The summed E-state index contributed by atoms with van der Waals surface area (Å²) < 4.78 is 0. The summed E-state index contributed by atoms with van der Waals surface area (Å²) in [4.78, 5) is 0. The van der Waals surface area contributed by atoms with Crippen molar-refractivity contribution in [2.24, 2.45) is 0 Å². The first-order valence-electron chi connectivity index (χ1n) is 9.41. The molecule has 0 aliphatic rings. The zero-order valence-electron chi connectivity index (χ0n) is 14.7. The highest BCUT2D eigenvalue weighted by Crippen LogP contribution is 2.09. The fraction of sp³-hybridized carbons (Fsp3) is 0.895. The van der Waals surface area contributed by atoms with Gasteiger partial charge in [-0.1, -0.05) is 70.4 Å². The van der Waals surface area contributed by atoms with Crippen molar-refractivity contribution in [1.82, 2.24) is 0 Å². The molecule has 0 aromatic rings. The first-order chi connectivity index (χ1) is 10.3. The van der Waals surface area contributed by atoms with Gasteiger partial charge in [0, 0.05) is 0 Å². The third kappa shape index (κ3) is 19.7. The van der Waals surface area contributed by atoms with Crippen LogP contribution in [-0.2, 0) is 0 Å². The Balaban J connectivity index is 3.05. The average molecular weight is 298 g/mol. The highest BCUT2D eigenvalue weighted by molar-refractivity contribution is 4.81. The van der Waals surface area contributed by atoms with Gasteiger partial charge in [0.25, 0.3) is 0 Å². The first-order valence-corrected chi connectivity index (χ1v) is 9.41. The van der Waals surface area contributed by atoms with Crippen molar-refractivity contribution < 1.29 is 5.06 Å². The Hall–Kier alpha value is -0.340. The molecular weight excluding hydrogens is 258 g/mol. The number of unbranched alkanes of at least 4 members (excludes halogenated alkanes) is 12. The van der Waals surface area contributed by atoms with Gasteiger partial charge in [0.1, 0.15) is 0 Å². The Morgan fingerprint density at radius 3 is 1.57 bits per heavy atom. The lowest BCUT2D eigenvalue weighted by Gasteiger charge is -2.15. The van der Waals surface area contributed by atoms with Gasteiger partial charge < -0.3 is 10.3 Å². The van der Waals surface area contributed by atoms with E-state index in [4.69, 9.17) is 0 Å². The Bertz CT molecular complexity index is 214. The maximum atomic E-state index is 10.8. The molecule has 0 radical (unpaired) electrons. The molecule has 1 atom stereocenters. The minimum Gasteiger partial charge on any atom is -0.634 e. The first kappa shape index (κ1) is 20.7. The van der Waals surface area contributed by atoms with Gasteiger partial charge in [-0.15, -0.1) is 0 Å². The van der Waals surface area contributed by atoms with Crippen molar-refractivity contribution in [3.63, 3.8) is 0 Å². The van der Waals surface area contributed by atoms with E-state index in [-0.39, 0.29) is 0 Å². The van der Waals surface area contributed by atoms with E-state index in [1.54, 1.807) is 7.05 Å². The third-order valence-electron chi connectivity index (χ3n) is 4.04. The number of quaternary nitrogens is 1. The molecule has 0 aliphatic heterocycles. The Morgan fingerprint density at radius 2 is 1.10 bits per heavy atom. The molecule has 0 spiro atoms. The molecule has 1 unspecified atom stereocenters. The molecular formula is C19H39NO. The van der Waals surface area contributed by atoms with Crippen molar-refractivity contribution in [1.29, 1.82) is 0 Å². The van der Waals surface area contributed by atoms with E-state index in [1.165, 1.54) is 83.5 Å². The number of hydrogen-bond acceptors (Lipinski definition) is 1. The average Bonchev–Trinajstić information content (AvgIpc) is 2.46. The smallest absolute Gasteiger partial charge is 0.0766 e. The number of hydrogen-bond donors (Lipinski definition) is 1. The van der Waals surface area contributed by atoms with Gasteiger partial charge in [0.2, 0.25) is 0 Å². The third-order valence-corrected chi connectivity index (χ3v) is 4.04. The van der Waals surface area contributed by atoms with E-state index in [1.807, 2.05) is 0 Å². The fourth-order valence-corrected chi connectivity index (χ4v) is 2.62. The molecule has 0 saturated carbocycles. The van der Waals surface area contributed by atoms with Crippen LogP contribution in [-0.4, -0.2) is 13.6 Å². The number of nitrogens with one attached hydrogen (secondary N) is 1. The van der Waals surface area contributed by atoms with Gasteiger partial charge in [-0.25, -0.2) is 0 Å². The van der Waals surface area contributed by atoms with Crippen molar-refractivity contribution in [3.05, 3.63) is 17.4 Å². The molecule has 0 saturated heterocycles. The van der Waals surface area contributed by atoms with Crippen LogP contribution in [0.25, 0.3) is 0 Å². The van der Waals surface area contributed by atoms with E-state index < -0.39 is 0 Å². The SMILES string of the molecule is CCCCCCCC/C=C\CCCCCCCC[NH+](C)[O-]. The van der Waals surface area contributed by atoms with Gasteiger partial charge >= 0.3 is 0 Å². The number of hydroxylamine groups is 2. The quantitative estimate of drug-likeness (QED) is 0.241. The van der Waals surface area contributed by atoms with Crippen LogP contribution in [0.5, 0.6) is 0 Å². The van der Waals surface area contributed by atoms with E-state index in [0.717, 1.165) is 13.0 Å². The molecule has 0 bridgehead atoms. The van der Waals surface area contributed by atoms with Gasteiger partial charge in [-0.05, 0) is 38.5 Å². The second-order valence-corrected chi connectivity index (χ2v) is 6.39. The summed E-state index contributed by atoms with van der Waals surface area (Å²) in [6.45, 7) is 3.05. The topological polar surface area (TPSA) is 27.5 Å². The van der Waals surface area contributed by atoms with E-state index in [9.17, 15) is 5.21 Å². The van der Waals surface area contributed by atoms with Crippen molar-refractivity contribution in [3.8, 4) is 0 Å². The second kappa shape index (κ2) is 17.7. The normalized spacial score (nSPS) is 13.1. The lowest BCUT2D eigenvalue weighted by molar-refractivity contribution is -0.826. The van der Waals surface area contributed by atoms with Crippen LogP contribution in [0.1, 0.15) is 96.8 Å². The van der Waals surface area contributed by atoms with Crippen LogP contribution in [0.4, 0.5) is 0 Å². The maximum Gasteiger partial charge on any atom is 0.0766 e. The Kier molecular flexibility index (Phi) is 17.4. The van der Waals surface area contributed by atoms with Gasteiger partial charge in [0.05, 0.1) is 13.6 Å². The highest BCUT2D eigenvalue weighted by Gasteiger charge is 1.93. The van der Waals surface area contributed by atoms with Crippen LogP contribution in [0.3, 0.4) is 0 Å². The van der Waals surface area contributed by atoms with Crippen LogP contribution >= 0.6 is 0 Å². The summed E-state index contributed by atoms with van der Waals surface area (Å²) in [6, 6.07) is 0. The Morgan fingerprint density at radius 1 is 0.667 bits per heavy atom. The van der Waals surface area contributed by atoms with Crippen LogP contribution in [0.15, 0.2) is 12.2 Å². The zero-order chi connectivity index (χ0) is 15.6. The van der Waals surface area contributed by atoms with Crippen LogP contribution in [0.2, 0.25) is 0 Å². The molecule has 0 aromatic carbocycles. The summed E-state index contributed by atoms with van der Waals surface area (Å²) in [5.74, 6) is 0. The molecule has 0 fully saturated rings. The summed E-state index contributed by atoms with van der Waals surface area (Å²) in [7, 11) is 1.69. The predicted octanol–water partition coefficient (Wildman–Crippen LogP) is 5.04. The molecule has 2 heteroatoms. The van der Waals surface area contributed by atoms with Crippen molar-refractivity contribution in [2.75, 3.05) is 13.6 Å². The zero-order valence-corrected chi connectivity index (χ0v) is 14.7. The molecule has 0 heterocycles. The van der Waals surface area contributed by atoms with Crippen molar-refractivity contribution >= 4 is 0 Å². The summed E-state index contributed by atoms with van der Waals surface area (Å²) >= 11 is 0. The highest BCUT2D eigenvalue weighted by atomic mass is 16.5. The maximum absolute atomic E-state index is 10.8. The molecule has 21 heavy (non-hydrogen) atoms. The summed E-state index contributed by atoms with van der Waals surface area (Å²) in [5, 5.41) is 11.1. The number of rotatable bonds is 16. The molecule has 1 N–H and O–H groups in total. The second-order valence-electron chi connectivity index (χ2n) is 6.39. The monoisotopic (exact) mass is 297 g/mol.